The lowest BCUT2D eigenvalue weighted by atomic mass is 10.2. The van der Waals surface area contributed by atoms with Crippen molar-refractivity contribution in [3.63, 3.8) is 0 Å². The topological polar surface area (TPSA) is 117 Å². The normalized spacial score (nSPS) is 12.5. The quantitative estimate of drug-likeness (QED) is 0.495. The van der Waals surface area contributed by atoms with Gasteiger partial charge in [0.15, 0.2) is 5.82 Å². The third-order valence-electron chi connectivity index (χ3n) is 4.36. The van der Waals surface area contributed by atoms with Gasteiger partial charge in [-0.25, -0.2) is 17.7 Å². The van der Waals surface area contributed by atoms with Crippen LogP contribution in [0.1, 0.15) is 6.92 Å². The van der Waals surface area contributed by atoms with Crippen LogP contribution >= 0.6 is 11.8 Å². The molecule has 1 unspecified atom stereocenters. The van der Waals surface area contributed by atoms with E-state index >= 15 is 0 Å². The summed E-state index contributed by atoms with van der Waals surface area (Å²) in [5.41, 5.74) is 1.24. The highest BCUT2D eigenvalue weighted by atomic mass is 32.2. The number of aromatic nitrogens is 3. The summed E-state index contributed by atoms with van der Waals surface area (Å²) in [4.78, 5) is 17.1. The molecular formula is C20H23N5O4S2. The minimum Gasteiger partial charge on any atom is -0.497 e. The molecule has 1 heterocycles. The summed E-state index contributed by atoms with van der Waals surface area (Å²) in [6, 6.07) is 13.5. The lowest BCUT2D eigenvalue weighted by Crippen LogP contribution is -2.24. The van der Waals surface area contributed by atoms with Gasteiger partial charge >= 0.3 is 0 Å². The van der Waals surface area contributed by atoms with Crippen molar-refractivity contribution < 1.29 is 17.9 Å². The van der Waals surface area contributed by atoms with Gasteiger partial charge in [-0.05, 0) is 49.4 Å². The van der Waals surface area contributed by atoms with Gasteiger partial charge in [-0.3, -0.25) is 9.89 Å². The number of nitrogens with one attached hydrogen (secondary N) is 2. The van der Waals surface area contributed by atoms with E-state index in [4.69, 9.17) is 4.74 Å². The number of amides is 1. The summed E-state index contributed by atoms with van der Waals surface area (Å²) in [6.45, 7) is 1.73. The molecule has 1 aromatic heterocycles. The Hall–Kier alpha value is -2.89. The molecule has 11 heteroatoms. The summed E-state index contributed by atoms with van der Waals surface area (Å²) >= 11 is 1.19. The molecule has 0 aliphatic carbocycles. The molecule has 1 amide bonds. The minimum atomic E-state index is -3.59. The summed E-state index contributed by atoms with van der Waals surface area (Å²) in [5.74, 6) is 1.03. The Bertz CT molecular complexity index is 1160. The lowest BCUT2D eigenvalue weighted by Gasteiger charge is -2.14. The number of aromatic amines is 1. The SMILES string of the molecule is COc1ccc(-c2nc(SC(C)C(=O)Nc3cccc(S(=O)(=O)N(C)C)c3)n[nH]2)cc1. The fourth-order valence-electron chi connectivity index (χ4n) is 2.58. The second kappa shape index (κ2) is 9.50. The van der Waals surface area contributed by atoms with Gasteiger partial charge < -0.3 is 10.1 Å². The average molecular weight is 462 g/mol. The molecule has 164 valence electrons. The van der Waals surface area contributed by atoms with Crippen LogP contribution in [0.3, 0.4) is 0 Å². The number of benzene rings is 2. The molecule has 0 aliphatic heterocycles. The monoisotopic (exact) mass is 461 g/mol. The van der Waals surface area contributed by atoms with Crippen molar-refractivity contribution >= 4 is 33.4 Å². The van der Waals surface area contributed by atoms with Gasteiger partial charge in [-0.1, -0.05) is 17.8 Å². The zero-order valence-corrected chi connectivity index (χ0v) is 19.1. The van der Waals surface area contributed by atoms with Crippen LogP contribution < -0.4 is 10.1 Å². The highest BCUT2D eigenvalue weighted by molar-refractivity contribution is 8.00. The Morgan fingerprint density at radius 3 is 2.55 bits per heavy atom. The summed E-state index contributed by atoms with van der Waals surface area (Å²) < 4.78 is 30.8. The predicted octanol–water partition coefficient (Wildman–Crippen LogP) is 2.85. The highest BCUT2D eigenvalue weighted by Crippen LogP contribution is 2.25. The van der Waals surface area contributed by atoms with E-state index in [0.717, 1.165) is 15.6 Å². The van der Waals surface area contributed by atoms with Crippen molar-refractivity contribution in [2.24, 2.45) is 0 Å². The first kappa shape index (κ1) is 22.8. The van der Waals surface area contributed by atoms with E-state index in [1.807, 2.05) is 24.3 Å². The molecule has 0 saturated carbocycles. The smallest absolute Gasteiger partial charge is 0.242 e. The van der Waals surface area contributed by atoms with Gasteiger partial charge in [0.1, 0.15) is 5.75 Å². The molecule has 1 atom stereocenters. The summed E-state index contributed by atoms with van der Waals surface area (Å²) in [5, 5.41) is 9.69. The summed E-state index contributed by atoms with van der Waals surface area (Å²) in [7, 11) is 0.921. The number of carbonyl (C=O) groups excluding carboxylic acids is 1. The molecule has 0 saturated heterocycles. The van der Waals surface area contributed by atoms with Crippen molar-refractivity contribution in [3.05, 3.63) is 48.5 Å². The molecule has 0 fully saturated rings. The largest absolute Gasteiger partial charge is 0.497 e. The maximum atomic E-state index is 12.6. The minimum absolute atomic E-state index is 0.105. The number of hydrogen-bond acceptors (Lipinski definition) is 7. The van der Waals surface area contributed by atoms with Crippen molar-refractivity contribution in [3.8, 4) is 17.1 Å². The van der Waals surface area contributed by atoms with E-state index in [-0.39, 0.29) is 10.8 Å². The molecule has 31 heavy (non-hydrogen) atoms. The first-order chi connectivity index (χ1) is 14.7. The maximum absolute atomic E-state index is 12.6. The maximum Gasteiger partial charge on any atom is 0.242 e. The number of thioether (sulfide) groups is 1. The van der Waals surface area contributed by atoms with Crippen molar-refractivity contribution in [2.75, 3.05) is 26.5 Å². The van der Waals surface area contributed by atoms with E-state index in [1.165, 1.54) is 38.0 Å². The van der Waals surface area contributed by atoms with Crippen LogP contribution in [0.5, 0.6) is 5.75 Å². The number of sulfonamides is 1. The lowest BCUT2D eigenvalue weighted by molar-refractivity contribution is -0.115. The van der Waals surface area contributed by atoms with Crippen molar-refractivity contribution in [2.45, 2.75) is 22.2 Å². The molecular weight excluding hydrogens is 438 g/mol. The van der Waals surface area contributed by atoms with E-state index in [1.54, 1.807) is 26.2 Å². The number of nitrogens with zero attached hydrogens (tertiary/aromatic N) is 3. The van der Waals surface area contributed by atoms with E-state index in [0.29, 0.717) is 16.7 Å². The van der Waals surface area contributed by atoms with Gasteiger partial charge in [-0.15, -0.1) is 5.10 Å². The molecule has 2 aromatic carbocycles. The predicted molar refractivity (Wildman–Crippen MR) is 120 cm³/mol. The zero-order valence-electron chi connectivity index (χ0n) is 17.5. The Morgan fingerprint density at radius 2 is 1.90 bits per heavy atom. The van der Waals surface area contributed by atoms with Crippen LogP contribution in [0.4, 0.5) is 5.69 Å². The zero-order chi connectivity index (χ0) is 22.6. The molecule has 0 spiro atoms. The Kier molecular flexibility index (Phi) is 6.98. The second-order valence-corrected chi connectivity index (χ2v) is 10.2. The fourth-order valence-corrected chi connectivity index (χ4v) is 4.25. The first-order valence-electron chi connectivity index (χ1n) is 9.27. The van der Waals surface area contributed by atoms with Crippen LogP contribution in [0, 0.1) is 0 Å². The van der Waals surface area contributed by atoms with Crippen molar-refractivity contribution in [1.29, 1.82) is 0 Å². The fraction of sp³-hybridized carbons (Fsp3) is 0.250. The number of hydrogen-bond donors (Lipinski definition) is 2. The standard InChI is InChI=1S/C20H23N5O4S2/c1-13(19(26)21-15-6-5-7-17(12-15)31(27,28)25(2)3)30-20-22-18(23-24-20)14-8-10-16(29-4)11-9-14/h5-13H,1-4H3,(H,21,26)(H,22,23,24). The third kappa shape index (κ3) is 5.43. The molecule has 0 radical (unpaired) electrons. The summed E-state index contributed by atoms with van der Waals surface area (Å²) in [6.07, 6.45) is 0. The van der Waals surface area contributed by atoms with Crippen LogP contribution in [0.2, 0.25) is 0 Å². The van der Waals surface area contributed by atoms with Gasteiger partial charge in [0, 0.05) is 25.3 Å². The van der Waals surface area contributed by atoms with Crippen LogP contribution in [-0.4, -0.2) is 60.3 Å². The number of carbonyl (C=O) groups is 1. The van der Waals surface area contributed by atoms with E-state index < -0.39 is 15.3 Å². The van der Waals surface area contributed by atoms with E-state index in [2.05, 4.69) is 20.5 Å². The number of rotatable bonds is 8. The molecule has 0 aliphatic rings. The molecule has 3 aromatic rings. The van der Waals surface area contributed by atoms with Gasteiger partial charge in [0.05, 0.1) is 17.3 Å². The van der Waals surface area contributed by atoms with Gasteiger partial charge in [0.25, 0.3) is 0 Å². The molecule has 3 rings (SSSR count). The highest BCUT2D eigenvalue weighted by Gasteiger charge is 2.20. The van der Waals surface area contributed by atoms with Crippen LogP contribution in [0.25, 0.3) is 11.4 Å². The van der Waals surface area contributed by atoms with Crippen LogP contribution in [-0.2, 0) is 14.8 Å². The van der Waals surface area contributed by atoms with Gasteiger partial charge in [0.2, 0.25) is 21.1 Å². The Balaban J connectivity index is 1.66. The first-order valence-corrected chi connectivity index (χ1v) is 11.6. The number of methoxy groups -OCH3 is 1. The van der Waals surface area contributed by atoms with E-state index in [9.17, 15) is 13.2 Å². The third-order valence-corrected chi connectivity index (χ3v) is 7.13. The van der Waals surface area contributed by atoms with Crippen molar-refractivity contribution in [1.82, 2.24) is 19.5 Å². The van der Waals surface area contributed by atoms with Crippen LogP contribution in [0.15, 0.2) is 58.6 Å². The number of H-pyrrole nitrogens is 1. The average Bonchev–Trinajstić information content (AvgIpc) is 3.22. The molecule has 2 N–H and O–H groups in total. The molecule has 9 nitrogen and oxygen atoms in total. The Labute approximate surface area is 185 Å². The number of anilines is 1. The Morgan fingerprint density at radius 1 is 1.19 bits per heavy atom. The number of ether oxygens (including phenoxy) is 1. The second-order valence-electron chi connectivity index (χ2n) is 6.76. The van der Waals surface area contributed by atoms with Gasteiger partial charge in [-0.2, -0.15) is 0 Å². The molecule has 0 bridgehead atoms.